The summed E-state index contributed by atoms with van der Waals surface area (Å²) in [6.45, 7) is 0.552. The summed E-state index contributed by atoms with van der Waals surface area (Å²) in [6.07, 6.45) is 3.10. The predicted octanol–water partition coefficient (Wildman–Crippen LogP) is 4.38. The van der Waals surface area contributed by atoms with E-state index in [2.05, 4.69) is 10.6 Å². The molecule has 0 unspecified atom stereocenters. The molecule has 2 N–H and O–H groups in total. The summed E-state index contributed by atoms with van der Waals surface area (Å²) in [6, 6.07) is 22.3. The Morgan fingerprint density at radius 1 is 1.03 bits per heavy atom. The number of nitrogens with zero attached hydrogens (tertiary/aromatic N) is 1. The second-order valence-electron chi connectivity index (χ2n) is 7.15. The summed E-state index contributed by atoms with van der Waals surface area (Å²) in [4.78, 5) is 26.5. The molecule has 6 nitrogen and oxygen atoms in total. The van der Waals surface area contributed by atoms with Gasteiger partial charge < -0.3 is 15.0 Å². The second-order valence-corrected chi connectivity index (χ2v) is 7.55. The van der Waals surface area contributed by atoms with E-state index in [1.807, 2.05) is 72.8 Å². The van der Waals surface area contributed by atoms with Crippen LogP contribution in [0.25, 0.3) is 6.08 Å². The summed E-state index contributed by atoms with van der Waals surface area (Å²) >= 11 is 5.22. The van der Waals surface area contributed by atoms with E-state index in [1.54, 1.807) is 18.1 Å². The lowest BCUT2D eigenvalue weighted by molar-refractivity contribution is -0.115. The molecule has 32 heavy (non-hydrogen) atoms. The van der Waals surface area contributed by atoms with Gasteiger partial charge in [-0.1, -0.05) is 30.3 Å². The standard InChI is InChI=1S/C25H21N3O3S/c1-31-21-13-6-17(7-14-21)8-15-23(29)27-25(32)26-19-9-11-20(12-10-19)28-16-18-4-2-3-5-22(18)24(28)30/h2-15H,16H2,1H3,(H2,26,27,29,32)/b15-8+. The first-order valence-corrected chi connectivity index (χ1v) is 10.4. The van der Waals surface area contributed by atoms with Crippen LogP contribution in [0.4, 0.5) is 11.4 Å². The normalized spacial score (nSPS) is 12.5. The van der Waals surface area contributed by atoms with Crippen molar-refractivity contribution in [2.24, 2.45) is 0 Å². The van der Waals surface area contributed by atoms with E-state index in [-0.39, 0.29) is 16.9 Å². The van der Waals surface area contributed by atoms with Crippen molar-refractivity contribution in [3.8, 4) is 5.75 Å². The number of hydrogen-bond acceptors (Lipinski definition) is 4. The lowest BCUT2D eigenvalue weighted by Gasteiger charge is -2.16. The predicted molar refractivity (Wildman–Crippen MR) is 130 cm³/mol. The largest absolute Gasteiger partial charge is 0.497 e. The molecule has 0 saturated heterocycles. The fourth-order valence-corrected chi connectivity index (χ4v) is 3.61. The SMILES string of the molecule is COc1ccc(/C=C/C(=O)NC(=S)Nc2ccc(N3Cc4ccccc4C3=O)cc2)cc1. The number of benzene rings is 3. The van der Waals surface area contributed by atoms with Crippen molar-refractivity contribution >= 4 is 46.6 Å². The molecule has 1 heterocycles. The Hall–Kier alpha value is -3.97. The Labute approximate surface area is 191 Å². The Bertz CT molecular complexity index is 1190. The van der Waals surface area contributed by atoms with E-state index in [0.29, 0.717) is 12.2 Å². The molecule has 0 atom stereocenters. The third kappa shape index (κ3) is 4.84. The average Bonchev–Trinajstić information content (AvgIpc) is 3.15. The molecule has 0 spiro atoms. The lowest BCUT2D eigenvalue weighted by Crippen LogP contribution is -2.32. The molecule has 7 heteroatoms. The van der Waals surface area contributed by atoms with E-state index in [1.165, 1.54) is 6.08 Å². The number of carbonyl (C=O) groups is 2. The topological polar surface area (TPSA) is 70.7 Å². The highest BCUT2D eigenvalue weighted by Gasteiger charge is 2.27. The van der Waals surface area contributed by atoms with Crippen LogP contribution in [0, 0.1) is 0 Å². The minimum absolute atomic E-state index is 0.00672. The number of rotatable bonds is 5. The minimum Gasteiger partial charge on any atom is -0.497 e. The van der Waals surface area contributed by atoms with Gasteiger partial charge in [-0.3, -0.25) is 14.9 Å². The van der Waals surface area contributed by atoms with Crippen LogP contribution in [0.3, 0.4) is 0 Å². The Balaban J connectivity index is 1.31. The zero-order valence-corrected chi connectivity index (χ0v) is 18.2. The van der Waals surface area contributed by atoms with Crippen LogP contribution in [-0.4, -0.2) is 24.0 Å². The van der Waals surface area contributed by atoms with Gasteiger partial charge in [-0.15, -0.1) is 0 Å². The van der Waals surface area contributed by atoms with Gasteiger partial charge in [0.1, 0.15) is 5.75 Å². The van der Waals surface area contributed by atoms with Gasteiger partial charge in [0.2, 0.25) is 5.91 Å². The Morgan fingerprint density at radius 3 is 2.44 bits per heavy atom. The molecule has 3 aromatic carbocycles. The van der Waals surface area contributed by atoms with Crippen molar-refractivity contribution < 1.29 is 14.3 Å². The molecule has 0 aliphatic carbocycles. The fourth-order valence-electron chi connectivity index (χ4n) is 3.39. The maximum atomic E-state index is 12.6. The monoisotopic (exact) mass is 443 g/mol. The minimum atomic E-state index is -0.338. The van der Waals surface area contributed by atoms with Crippen molar-refractivity contribution in [1.29, 1.82) is 0 Å². The number of ether oxygens (including phenoxy) is 1. The maximum Gasteiger partial charge on any atom is 0.258 e. The molecule has 0 saturated carbocycles. The van der Waals surface area contributed by atoms with E-state index >= 15 is 0 Å². The molecule has 160 valence electrons. The van der Waals surface area contributed by atoms with Crippen LogP contribution in [-0.2, 0) is 11.3 Å². The quantitative estimate of drug-likeness (QED) is 0.452. The van der Waals surface area contributed by atoms with Crippen molar-refractivity contribution in [3.63, 3.8) is 0 Å². The van der Waals surface area contributed by atoms with Gasteiger partial charge in [0.15, 0.2) is 5.11 Å². The van der Waals surface area contributed by atoms with Crippen LogP contribution in [0.2, 0.25) is 0 Å². The van der Waals surface area contributed by atoms with Gasteiger partial charge in [0, 0.05) is 23.0 Å². The first-order chi connectivity index (χ1) is 15.5. The molecule has 0 fully saturated rings. The molecule has 1 aliphatic heterocycles. The molecule has 2 amide bonds. The zero-order chi connectivity index (χ0) is 22.5. The van der Waals surface area contributed by atoms with Crippen molar-refractivity contribution in [2.45, 2.75) is 6.54 Å². The van der Waals surface area contributed by atoms with Gasteiger partial charge in [-0.05, 0) is 71.9 Å². The molecule has 0 radical (unpaired) electrons. The second kappa shape index (κ2) is 9.45. The Kier molecular flexibility index (Phi) is 6.28. The van der Waals surface area contributed by atoms with Crippen molar-refractivity contribution in [1.82, 2.24) is 5.32 Å². The number of carbonyl (C=O) groups excluding carboxylic acids is 2. The molecule has 4 rings (SSSR count). The van der Waals surface area contributed by atoms with E-state index in [9.17, 15) is 9.59 Å². The molecule has 0 aromatic heterocycles. The first kappa shape index (κ1) is 21.3. The third-order valence-corrected chi connectivity index (χ3v) is 5.24. The molecule has 3 aromatic rings. The highest BCUT2D eigenvalue weighted by atomic mass is 32.1. The van der Waals surface area contributed by atoms with Gasteiger partial charge in [-0.2, -0.15) is 0 Å². The highest BCUT2D eigenvalue weighted by Crippen LogP contribution is 2.28. The van der Waals surface area contributed by atoms with Crippen LogP contribution in [0.15, 0.2) is 78.9 Å². The maximum absolute atomic E-state index is 12.6. The summed E-state index contributed by atoms with van der Waals surface area (Å²) < 4.78 is 5.11. The van der Waals surface area contributed by atoms with Crippen LogP contribution < -0.4 is 20.3 Å². The smallest absolute Gasteiger partial charge is 0.258 e. The number of nitrogens with one attached hydrogen (secondary N) is 2. The molecular formula is C25H21N3O3S. The first-order valence-electron chi connectivity index (χ1n) is 9.97. The van der Waals surface area contributed by atoms with E-state index < -0.39 is 0 Å². The summed E-state index contributed by atoms with van der Waals surface area (Å²) in [5.41, 5.74) is 4.14. The van der Waals surface area contributed by atoms with Gasteiger partial charge in [-0.25, -0.2) is 0 Å². The number of methoxy groups -OCH3 is 1. The third-order valence-electron chi connectivity index (χ3n) is 5.04. The van der Waals surface area contributed by atoms with E-state index in [0.717, 1.165) is 28.1 Å². The Morgan fingerprint density at radius 2 is 1.75 bits per heavy atom. The molecule has 0 bridgehead atoms. The lowest BCUT2D eigenvalue weighted by atomic mass is 10.1. The van der Waals surface area contributed by atoms with Gasteiger partial charge in [0.05, 0.1) is 13.7 Å². The van der Waals surface area contributed by atoms with Gasteiger partial charge >= 0.3 is 0 Å². The molecular weight excluding hydrogens is 422 g/mol. The number of fused-ring (bicyclic) bond motifs is 1. The summed E-state index contributed by atoms with van der Waals surface area (Å²) in [5, 5.41) is 5.78. The fraction of sp³-hybridized carbons (Fsp3) is 0.0800. The summed E-state index contributed by atoms with van der Waals surface area (Å²) in [5.74, 6) is 0.407. The number of anilines is 2. The average molecular weight is 444 g/mol. The van der Waals surface area contributed by atoms with Gasteiger partial charge in [0.25, 0.3) is 5.91 Å². The van der Waals surface area contributed by atoms with Crippen molar-refractivity contribution in [3.05, 3.63) is 95.6 Å². The zero-order valence-electron chi connectivity index (χ0n) is 17.4. The number of amides is 2. The number of thiocarbonyl (C=S) groups is 1. The van der Waals surface area contributed by atoms with E-state index in [4.69, 9.17) is 17.0 Å². The van der Waals surface area contributed by atoms with Crippen LogP contribution >= 0.6 is 12.2 Å². The van der Waals surface area contributed by atoms with Crippen LogP contribution in [0.1, 0.15) is 21.5 Å². The summed E-state index contributed by atoms with van der Waals surface area (Å²) in [7, 11) is 1.60. The van der Waals surface area contributed by atoms with Crippen LogP contribution in [0.5, 0.6) is 5.75 Å². The number of hydrogen-bond donors (Lipinski definition) is 2. The highest BCUT2D eigenvalue weighted by molar-refractivity contribution is 7.80. The van der Waals surface area contributed by atoms with Crippen molar-refractivity contribution in [2.75, 3.05) is 17.3 Å². The molecule has 1 aliphatic rings.